The fourth-order valence-electron chi connectivity index (χ4n) is 8.42. The van der Waals surface area contributed by atoms with E-state index in [1.165, 1.54) is 32.6 Å². The number of nitriles is 1. The molecule has 0 aliphatic carbocycles. The molecule has 0 bridgehead atoms. The topological polar surface area (TPSA) is 59.4 Å². The summed E-state index contributed by atoms with van der Waals surface area (Å²) in [5.74, 6) is 0.631. The van der Waals surface area contributed by atoms with Gasteiger partial charge in [0.25, 0.3) is 0 Å². The van der Waals surface area contributed by atoms with E-state index < -0.39 is 0 Å². The Morgan fingerprint density at radius 2 is 0.862 bits per heavy atom. The lowest BCUT2D eigenvalue weighted by Gasteiger charge is -2.13. The minimum absolute atomic E-state index is 0.611. The van der Waals surface area contributed by atoms with Crippen LogP contribution in [0.4, 0.5) is 0 Å². The number of nitrogens with zero attached hydrogens (tertiary/aromatic N) is 5. The molecule has 8 aromatic carbocycles. The first-order valence-electron chi connectivity index (χ1n) is 19.4. The highest BCUT2D eigenvalue weighted by Crippen LogP contribution is 2.39. The third kappa shape index (κ3) is 5.55. The van der Waals surface area contributed by atoms with Crippen molar-refractivity contribution >= 4 is 43.6 Å². The number of rotatable bonds is 6. The van der Waals surface area contributed by atoms with Crippen molar-refractivity contribution in [2.45, 2.75) is 0 Å². The van der Waals surface area contributed by atoms with E-state index in [0.717, 1.165) is 61.6 Å². The van der Waals surface area contributed by atoms with Crippen molar-refractivity contribution in [2.75, 3.05) is 0 Å². The van der Waals surface area contributed by atoms with Crippen molar-refractivity contribution in [3.63, 3.8) is 0 Å². The Kier molecular flexibility index (Phi) is 7.80. The van der Waals surface area contributed by atoms with Gasteiger partial charge in [0.1, 0.15) is 0 Å². The van der Waals surface area contributed by atoms with Crippen LogP contribution in [0.15, 0.2) is 200 Å². The lowest BCUT2D eigenvalue weighted by atomic mass is 10.0. The Morgan fingerprint density at radius 3 is 1.59 bits per heavy atom. The van der Waals surface area contributed by atoms with Gasteiger partial charge in [0.2, 0.25) is 0 Å². The molecule has 0 fully saturated rings. The minimum atomic E-state index is 0.611. The number of para-hydroxylation sites is 3. The summed E-state index contributed by atoms with van der Waals surface area (Å²) >= 11 is 0. The van der Waals surface area contributed by atoms with Crippen LogP contribution in [0, 0.1) is 11.3 Å². The van der Waals surface area contributed by atoms with Gasteiger partial charge in [-0.15, -0.1) is 0 Å². The molecule has 0 atom stereocenters. The monoisotopic (exact) mass is 739 g/mol. The van der Waals surface area contributed by atoms with Crippen LogP contribution in [-0.4, -0.2) is 19.1 Å². The number of fused-ring (bicyclic) bond motifs is 6. The SMILES string of the molecule is N#Cc1ccc(-c2cc(-c3ccccc3)nc(-c3cccc(-n4c5ccccc5c5ccc(-c6ccc7c(c6)c6ccccc6n7-c6ccccc6)cc54)c3)n2)cc1. The van der Waals surface area contributed by atoms with E-state index in [9.17, 15) is 5.26 Å². The number of hydrogen-bond acceptors (Lipinski definition) is 3. The van der Waals surface area contributed by atoms with E-state index in [4.69, 9.17) is 9.97 Å². The summed E-state index contributed by atoms with van der Waals surface area (Å²) in [5, 5.41) is 14.3. The van der Waals surface area contributed by atoms with Gasteiger partial charge in [0.05, 0.1) is 45.1 Å². The molecular formula is C53H33N5. The molecule has 0 spiro atoms. The Morgan fingerprint density at radius 1 is 0.345 bits per heavy atom. The quantitative estimate of drug-likeness (QED) is 0.171. The van der Waals surface area contributed by atoms with Gasteiger partial charge in [0, 0.05) is 49.6 Å². The molecule has 0 aliphatic heterocycles. The number of aromatic nitrogens is 4. The smallest absolute Gasteiger partial charge is 0.160 e. The third-order valence-electron chi connectivity index (χ3n) is 11.2. The van der Waals surface area contributed by atoms with Gasteiger partial charge < -0.3 is 9.13 Å². The molecular weight excluding hydrogens is 707 g/mol. The number of benzene rings is 8. The Balaban J connectivity index is 1.07. The molecule has 0 saturated heterocycles. The van der Waals surface area contributed by atoms with Crippen LogP contribution < -0.4 is 0 Å². The average molecular weight is 740 g/mol. The van der Waals surface area contributed by atoms with Gasteiger partial charge in [-0.1, -0.05) is 127 Å². The van der Waals surface area contributed by atoms with Crippen LogP contribution in [0.1, 0.15) is 5.56 Å². The first-order valence-corrected chi connectivity index (χ1v) is 19.4. The van der Waals surface area contributed by atoms with Crippen LogP contribution in [0.25, 0.3) is 100 Å². The Labute approximate surface area is 335 Å². The van der Waals surface area contributed by atoms with Gasteiger partial charge in [-0.2, -0.15) is 5.26 Å². The fourth-order valence-corrected chi connectivity index (χ4v) is 8.42. The normalized spacial score (nSPS) is 11.4. The molecule has 0 aliphatic rings. The third-order valence-corrected chi connectivity index (χ3v) is 11.2. The van der Waals surface area contributed by atoms with Gasteiger partial charge in [-0.3, -0.25) is 0 Å². The molecule has 11 rings (SSSR count). The maximum Gasteiger partial charge on any atom is 0.160 e. The second kappa shape index (κ2) is 13.6. The first kappa shape index (κ1) is 33.3. The van der Waals surface area contributed by atoms with Gasteiger partial charge >= 0.3 is 0 Å². The summed E-state index contributed by atoms with van der Waals surface area (Å²) in [4.78, 5) is 10.2. The summed E-state index contributed by atoms with van der Waals surface area (Å²) in [5.41, 5.74) is 14.2. The molecule has 5 nitrogen and oxygen atoms in total. The lowest BCUT2D eigenvalue weighted by molar-refractivity contribution is 1.16. The van der Waals surface area contributed by atoms with Crippen molar-refractivity contribution < 1.29 is 0 Å². The molecule has 3 heterocycles. The Hall–Kier alpha value is -8.07. The highest BCUT2D eigenvalue weighted by Gasteiger charge is 2.17. The summed E-state index contributed by atoms with van der Waals surface area (Å²) in [7, 11) is 0. The highest BCUT2D eigenvalue weighted by atomic mass is 15.0. The standard InChI is InChI=1S/C53H33N5/c54-34-35-22-24-37(25-23-35)48-33-47(36-12-3-1-4-13-36)55-53(56-48)40-14-11-17-42(30-40)58-49-20-9-7-18-43(49)45-28-26-39(32-52(45)58)38-27-29-51-46(31-38)44-19-8-10-21-50(44)57(51)41-15-5-2-6-16-41/h1-33H. The maximum absolute atomic E-state index is 9.43. The summed E-state index contributed by atoms with van der Waals surface area (Å²) in [6, 6.07) is 72.1. The summed E-state index contributed by atoms with van der Waals surface area (Å²) < 4.78 is 4.72. The van der Waals surface area contributed by atoms with Crippen molar-refractivity contribution in [1.29, 1.82) is 5.26 Å². The molecule has 3 aromatic heterocycles. The molecule has 270 valence electrons. The van der Waals surface area contributed by atoms with Crippen LogP contribution in [0.3, 0.4) is 0 Å². The molecule has 0 amide bonds. The van der Waals surface area contributed by atoms with Crippen LogP contribution in [-0.2, 0) is 0 Å². The van der Waals surface area contributed by atoms with Crippen molar-refractivity contribution in [2.24, 2.45) is 0 Å². The molecule has 0 saturated carbocycles. The Bertz CT molecular complexity index is 3390. The summed E-state index contributed by atoms with van der Waals surface area (Å²) in [6.07, 6.45) is 0. The van der Waals surface area contributed by atoms with Crippen LogP contribution in [0.2, 0.25) is 0 Å². The van der Waals surface area contributed by atoms with Crippen molar-refractivity contribution in [3.05, 3.63) is 206 Å². The zero-order valence-electron chi connectivity index (χ0n) is 31.3. The largest absolute Gasteiger partial charge is 0.309 e. The van der Waals surface area contributed by atoms with E-state index in [2.05, 4.69) is 167 Å². The predicted molar refractivity (Wildman–Crippen MR) is 237 cm³/mol. The second-order valence-electron chi connectivity index (χ2n) is 14.6. The van der Waals surface area contributed by atoms with E-state index in [1.807, 2.05) is 48.5 Å². The van der Waals surface area contributed by atoms with E-state index in [0.29, 0.717) is 11.4 Å². The predicted octanol–water partition coefficient (Wildman–Crippen LogP) is 13.2. The molecule has 0 unspecified atom stereocenters. The first-order chi connectivity index (χ1) is 28.7. The fraction of sp³-hybridized carbons (Fsp3) is 0. The molecule has 5 heteroatoms. The van der Waals surface area contributed by atoms with Crippen LogP contribution >= 0.6 is 0 Å². The van der Waals surface area contributed by atoms with Gasteiger partial charge in [-0.25, -0.2) is 9.97 Å². The van der Waals surface area contributed by atoms with Crippen LogP contribution in [0.5, 0.6) is 0 Å². The van der Waals surface area contributed by atoms with Gasteiger partial charge in [0.15, 0.2) is 5.82 Å². The highest BCUT2D eigenvalue weighted by molar-refractivity contribution is 6.12. The molecule has 0 N–H and O–H groups in total. The lowest BCUT2D eigenvalue weighted by Crippen LogP contribution is -1.98. The molecule has 11 aromatic rings. The van der Waals surface area contributed by atoms with E-state index >= 15 is 0 Å². The zero-order chi connectivity index (χ0) is 38.6. The molecule has 58 heavy (non-hydrogen) atoms. The number of hydrogen-bond donors (Lipinski definition) is 0. The maximum atomic E-state index is 9.43. The van der Waals surface area contributed by atoms with E-state index in [1.54, 1.807) is 0 Å². The zero-order valence-corrected chi connectivity index (χ0v) is 31.3. The van der Waals surface area contributed by atoms with Gasteiger partial charge in [-0.05, 0) is 83.9 Å². The summed E-state index contributed by atoms with van der Waals surface area (Å²) in [6.45, 7) is 0. The minimum Gasteiger partial charge on any atom is -0.309 e. The van der Waals surface area contributed by atoms with Crippen molar-refractivity contribution in [1.82, 2.24) is 19.1 Å². The van der Waals surface area contributed by atoms with E-state index in [-0.39, 0.29) is 0 Å². The van der Waals surface area contributed by atoms with Crippen molar-refractivity contribution in [3.8, 4) is 62.5 Å². The average Bonchev–Trinajstić information content (AvgIpc) is 3.82. The second-order valence-corrected chi connectivity index (χ2v) is 14.6. The molecule has 0 radical (unpaired) electrons.